The Hall–Kier alpha value is -2.37. The second kappa shape index (κ2) is 7.48. The number of amides is 2. The molecule has 1 unspecified atom stereocenters. The van der Waals surface area contributed by atoms with Crippen molar-refractivity contribution in [1.29, 1.82) is 0 Å². The molecule has 1 atom stereocenters. The van der Waals surface area contributed by atoms with Gasteiger partial charge in [-0.25, -0.2) is 0 Å². The molecule has 6 heteroatoms. The fourth-order valence-electron chi connectivity index (χ4n) is 3.78. The first kappa shape index (κ1) is 18.4. The van der Waals surface area contributed by atoms with Crippen LogP contribution in [0.1, 0.15) is 30.4 Å². The van der Waals surface area contributed by atoms with Gasteiger partial charge in [-0.2, -0.15) is 0 Å². The minimum absolute atomic E-state index is 0.00366. The van der Waals surface area contributed by atoms with Gasteiger partial charge in [-0.3, -0.25) is 14.4 Å². The maximum atomic E-state index is 12.8. The average molecular weight is 358 g/mol. The van der Waals surface area contributed by atoms with Gasteiger partial charge in [0, 0.05) is 31.7 Å². The van der Waals surface area contributed by atoms with Crippen LogP contribution in [0.5, 0.6) is 0 Å². The number of rotatable bonds is 3. The highest BCUT2D eigenvalue weighted by Gasteiger charge is 2.38. The van der Waals surface area contributed by atoms with E-state index < -0.39 is 0 Å². The third-order valence-corrected chi connectivity index (χ3v) is 5.62. The summed E-state index contributed by atoms with van der Waals surface area (Å²) in [5.74, 6) is -0.613. The monoisotopic (exact) mass is 358 g/mol. The molecule has 140 valence electrons. The van der Waals surface area contributed by atoms with Gasteiger partial charge in [0.25, 0.3) is 0 Å². The van der Waals surface area contributed by atoms with E-state index in [1.54, 1.807) is 9.80 Å². The number of benzene rings is 1. The number of aryl methyl sites for hydroxylation is 2. The lowest BCUT2D eigenvalue weighted by atomic mass is 9.95. The molecule has 2 heterocycles. The molecule has 0 bridgehead atoms. The lowest BCUT2D eigenvalue weighted by Gasteiger charge is -2.32. The summed E-state index contributed by atoms with van der Waals surface area (Å²) in [5, 5.41) is 0. The molecular formula is C20H26N2O4. The Bertz CT molecular complexity index is 723. The second-order valence-electron chi connectivity index (χ2n) is 7.30. The Morgan fingerprint density at radius 2 is 1.77 bits per heavy atom. The van der Waals surface area contributed by atoms with Crippen LogP contribution in [0.25, 0.3) is 0 Å². The Morgan fingerprint density at radius 3 is 2.38 bits per heavy atom. The van der Waals surface area contributed by atoms with Crippen LogP contribution >= 0.6 is 0 Å². The van der Waals surface area contributed by atoms with Crippen molar-refractivity contribution in [3.8, 4) is 0 Å². The molecule has 2 amide bonds. The molecule has 0 aromatic heterocycles. The van der Waals surface area contributed by atoms with Crippen molar-refractivity contribution in [3.63, 3.8) is 0 Å². The molecule has 3 rings (SSSR count). The summed E-state index contributed by atoms with van der Waals surface area (Å²) in [4.78, 5) is 40.4. The van der Waals surface area contributed by atoms with Crippen LogP contribution in [-0.4, -0.2) is 49.4 Å². The zero-order valence-electron chi connectivity index (χ0n) is 15.7. The quantitative estimate of drug-likeness (QED) is 0.776. The minimum Gasteiger partial charge on any atom is -0.469 e. The van der Waals surface area contributed by atoms with Crippen molar-refractivity contribution in [2.45, 2.75) is 33.1 Å². The molecule has 1 aromatic carbocycles. The zero-order chi connectivity index (χ0) is 18.8. The fourth-order valence-corrected chi connectivity index (χ4v) is 3.78. The highest BCUT2D eigenvalue weighted by Crippen LogP contribution is 2.29. The third-order valence-electron chi connectivity index (χ3n) is 5.62. The number of likely N-dealkylation sites (tertiary alicyclic amines) is 1. The number of methoxy groups -OCH3 is 1. The van der Waals surface area contributed by atoms with Gasteiger partial charge in [0.1, 0.15) is 0 Å². The van der Waals surface area contributed by atoms with Gasteiger partial charge in [-0.05, 0) is 49.9 Å². The Kier molecular flexibility index (Phi) is 5.30. The summed E-state index contributed by atoms with van der Waals surface area (Å²) in [6.07, 6.45) is 1.50. The molecule has 2 saturated heterocycles. The van der Waals surface area contributed by atoms with E-state index in [1.807, 2.05) is 32.0 Å². The Morgan fingerprint density at radius 1 is 1.08 bits per heavy atom. The highest BCUT2D eigenvalue weighted by molar-refractivity contribution is 6.00. The van der Waals surface area contributed by atoms with Gasteiger partial charge in [0.2, 0.25) is 11.8 Å². The van der Waals surface area contributed by atoms with E-state index in [4.69, 9.17) is 4.74 Å². The first-order valence-corrected chi connectivity index (χ1v) is 9.15. The van der Waals surface area contributed by atoms with E-state index in [1.165, 1.54) is 12.7 Å². The van der Waals surface area contributed by atoms with Crippen LogP contribution in [0.4, 0.5) is 5.69 Å². The number of nitrogens with zero attached hydrogens (tertiary/aromatic N) is 2. The van der Waals surface area contributed by atoms with Crippen molar-refractivity contribution in [1.82, 2.24) is 4.90 Å². The molecule has 2 fully saturated rings. The number of piperidine rings is 1. The molecule has 0 N–H and O–H groups in total. The van der Waals surface area contributed by atoms with Gasteiger partial charge in [-0.1, -0.05) is 6.07 Å². The molecule has 26 heavy (non-hydrogen) atoms. The SMILES string of the molecule is COC(=O)C1CCN(C(=O)C2CC(=O)N(c3ccc(C)c(C)c3)C2)CC1. The lowest BCUT2D eigenvalue weighted by Crippen LogP contribution is -2.43. The molecule has 0 aliphatic carbocycles. The van der Waals surface area contributed by atoms with Crippen molar-refractivity contribution in [2.75, 3.05) is 31.6 Å². The summed E-state index contributed by atoms with van der Waals surface area (Å²) >= 11 is 0. The van der Waals surface area contributed by atoms with Gasteiger partial charge in [-0.15, -0.1) is 0 Å². The van der Waals surface area contributed by atoms with Crippen molar-refractivity contribution in [2.24, 2.45) is 11.8 Å². The normalized spacial score (nSPS) is 21.2. The molecule has 0 saturated carbocycles. The van der Waals surface area contributed by atoms with Gasteiger partial charge in [0.15, 0.2) is 0 Å². The van der Waals surface area contributed by atoms with Crippen LogP contribution in [0.15, 0.2) is 18.2 Å². The van der Waals surface area contributed by atoms with Gasteiger partial charge < -0.3 is 14.5 Å². The number of ether oxygens (including phenoxy) is 1. The van der Waals surface area contributed by atoms with E-state index in [-0.39, 0.29) is 36.0 Å². The Balaban J connectivity index is 1.62. The van der Waals surface area contributed by atoms with Crippen molar-refractivity contribution in [3.05, 3.63) is 29.3 Å². The summed E-state index contributed by atoms with van der Waals surface area (Å²) in [5.41, 5.74) is 3.18. The molecule has 2 aliphatic rings. The molecular weight excluding hydrogens is 332 g/mol. The number of anilines is 1. The first-order chi connectivity index (χ1) is 12.4. The standard InChI is InChI=1S/C20H26N2O4/c1-13-4-5-17(10-14(13)2)22-12-16(11-18(22)23)19(24)21-8-6-15(7-9-21)20(25)26-3/h4-5,10,15-16H,6-9,11-12H2,1-3H3. The van der Waals surface area contributed by atoms with Crippen LogP contribution in [0.3, 0.4) is 0 Å². The largest absolute Gasteiger partial charge is 0.469 e. The average Bonchev–Trinajstić information content (AvgIpc) is 3.04. The van der Waals surface area contributed by atoms with E-state index >= 15 is 0 Å². The van der Waals surface area contributed by atoms with Crippen LogP contribution in [0.2, 0.25) is 0 Å². The number of hydrogen-bond donors (Lipinski definition) is 0. The third kappa shape index (κ3) is 3.59. The molecule has 2 aliphatic heterocycles. The van der Waals surface area contributed by atoms with Gasteiger partial charge >= 0.3 is 5.97 Å². The maximum absolute atomic E-state index is 12.8. The molecule has 0 spiro atoms. The van der Waals surface area contributed by atoms with Crippen LogP contribution in [0, 0.1) is 25.7 Å². The van der Waals surface area contributed by atoms with Crippen molar-refractivity contribution < 1.29 is 19.1 Å². The molecule has 0 radical (unpaired) electrons. The van der Waals surface area contributed by atoms with E-state index in [0.29, 0.717) is 32.5 Å². The van der Waals surface area contributed by atoms with Crippen molar-refractivity contribution >= 4 is 23.5 Å². The topological polar surface area (TPSA) is 66.9 Å². The van der Waals surface area contributed by atoms with E-state index in [9.17, 15) is 14.4 Å². The van der Waals surface area contributed by atoms with E-state index in [0.717, 1.165) is 11.3 Å². The predicted molar refractivity (Wildman–Crippen MR) is 97.7 cm³/mol. The molecule has 1 aromatic rings. The number of carbonyl (C=O) groups is 3. The minimum atomic E-state index is -0.307. The van der Waals surface area contributed by atoms with Gasteiger partial charge in [0.05, 0.1) is 18.9 Å². The van der Waals surface area contributed by atoms with Crippen LogP contribution < -0.4 is 4.90 Å². The fraction of sp³-hybridized carbons (Fsp3) is 0.550. The highest BCUT2D eigenvalue weighted by atomic mass is 16.5. The second-order valence-corrected chi connectivity index (χ2v) is 7.30. The zero-order valence-corrected chi connectivity index (χ0v) is 15.7. The number of hydrogen-bond acceptors (Lipinski definition) is 4. The predicted octanol–water partition coefficient (Wildman–Crippen LogP) is 2.07. The lowest BCUT2D eigenvalue weighted by molar-refractivity contribution is -0.149. The summed E-state index contributed by atoms with van der Waals surface area (Å²) in [6.45, 7) is 5.58. The van der Waals surface area contributed by atoms with Crippen LogP contribution in [-0.2, 0) is 19.1 Å². The first-order valence-electron chi connectivity index (χ1n) is 9.15. The summed E-state index contributed by atoms with van der Waals surface area (Å²) < 4.78 is 4.79. The smallest absolute Gasteiger partial charge is 0.308 e. The Labute approximate surface area is 154 Å². The molecule has 6 nitrogen and oxygen atoms in total. The number of carbonyl (C=O) groups excluding carboxylic acids is 3. The number of esters is 1. The summed E-state index contributed by atoms with van der Waals surface area (Å²) in [7, 11) is 1.39. The maximum Gasteiger partial charge on any atom is 0.308 e. The summed E-state index contributed by atoms with van der Waals surface area (Å²) in [6, 6.07) is 5.95. The van der Waals surface area contributed by atoms with E-state index in [2.05, 4.69) is 0 Å².